The van der Waals surface area contributed by atoms with Gasteiger partial charge in [0.25, 0.3) is 0 Å². The first kappa shape index (κ1) is 18.5. The van der Waals surface area contributed by atoms with Crippen molar-refractivity contribution in [2.24, 2.45) is 0 Å². The van der Waals surface area contributed by atoms with Gasteiger partial charge in [-0.3, -0.25) is 9.69 Å². The van der Waals surface area contributed by atoms with E-state index in [4.69, 9.17) is 4.74 Å². The van der Waals surface area contributed by atoms with Gasteiger partial charge in [-0.25, -0.2) is 0 Å². The first-order valence-electron chi connectivity index (χ1n) is 9.40. The maximum Gasteiger partial charge on any atom is 0.224 e. The van der Waals surface area contributed by atoms with Gasteiger partial charge in [-0.2, -0.15) is 0 Å². The molecule has 26 heavy (non-hydrogen) atoms. The molecule has 138 valence electrons. The van der Waals surface area contributed by atoms with Gasteiger partial charge in [0.15, 0.2) is 0 Å². The highest BCUT2D eigenvalue weighted by Gasteiger charge is 2.22. The van der Waals surface area contributed by atoms with Crippen LogP contribution in [0.3, 0.4) is 0 Å². The predicted octanol–water partition coefficient (Wildman–Crippen LogP) is 3.19. The van der Waals surface area contributed by atoms with Crippen molar-refractivity contribution in [3.05, 3.63) is 65.2 Å². The largest absolute Gasteiger partial charge is 0.497 e. The van der Waals surface area contributed by atoms with E-state index in [9.17, 15) is 4.79 Å². The van der Waals surface area contributed by atoms with Gasteiger partial charge >= 0.3 is 0 Å². The van der Waals surface area contributed by atoms with Gasteiger partial charge in [0, 0.05) is 25.7 Å². The summed E-state index contributed by atoms with van der Waals surface area (Å²) < 4.78 is 5.15. The first-order valence-corrected chi connectivity index (χ1v) is 9.40. The highest BCUT2D eigenvalue weighted by molar-refractivity contribution is 5.78. The molecule has 1 N–H and O–H groups in total. The lowest BCUT2D eigenvalue weighted by Gasteiger charge is -2.35. The van der Waals surface area contributed by atoms with Crippen molar-refractivity contribution in [1.29, 1.82) is 0 Å². The second-order valence-electron chi connectivity index (χ2n) is 6.88. The second kappa shape index (κ2) is 8.86. The van der Waals surface area contributed by atoms with E-state index in [0.717, 1.165) is 37.2 Å². The minimum absolute atomic E-state index is 0.0750. The van der Waals surface area contributed by atoms with Crippen LogP contribution in [-0.4, -0.2) is 37.0 Å². The molecule has 1 aliphatic rings. The summed E-state index contributed by atoms with van der Waals surface area (Å²) >= 11 is 0. The number of hydrogen-bond donors (Lipinski definition) is 1. The van der Waals surface area contributed by atoms with Gasteiger partial charge in [-0.15, -0.1) is 0 Å². The van der Waals surface area contributed by atoms with Crippen molar-refractivity contribution < 1.29 is 9.53 Å². The summed E-state index contributed by atoms with van der Waals surface area (Å²) in [6.45, 7) is 4.93. The third-order valence-electron chi connectivity index (χ3n) is 5.21. The number of benzene rings is 2. The lowest BCUT2D eigenvalue weighted by atomic mass is 9.98. The molecule has 0 fully saturated rings. The molecule has 2 aromatic carbocycles. The topological polar surface area (TPSA) is 41.6 Å². The number of ether oxygens (including phenoxy) is 1. The normalized spacial score (nSPS) is 15.2. The van der Waals surface area contributed by atoms with Gasteiger partial charge in [-0.1, -0.05) is 43.3 Å². The summed E-state index contributed by atoms with van der Waals surface area (Å²) in [5.74, 6) is 0.886. The quantitative estimate of drug-likeness (QED) is 0.832. The fraction of sp³-hybridized carbons (Fsp3) is 0.409. The van der Waals surface area contributed by atoms with Gasteiger partial charge < -0.3 is 10.1 Å². The minimum atomic E-state index is 0.0750. The summed E-state index contributed by atoms with van der Waals surface area (Å²) in [4.78, 5) is 14.8. The summed E-state index contributed by atoms with van der Waals surface area (Å²) in [7, 11) is 1.64. The molecule has 4 nitrogen and oxygen atoms in total. The van der Waals surface area contributed by atoms with Crippen molar-refractivity contribution in [2.75, 3.05) is 20.2 Å². The van der Waals surface area contributed by atoms with E-state index in [1.165, 1.54) is 11.1 Å². The predicted molar refractivity (Wildman–Crippen MR) is 104 cm³/mol. The molecule has 1 amide bonds. The van der Waals surface area contributed by atoms with Crippen LogP contribution in [0, 0.1) is 0 Å². The van der Waals surface area contributed by atoms with Crippen LogP contribution >= 0.6 is 0 Å². The molecule has 0 saturated carbocycles. The number of nitrogens with zero attached hydrogens (tertiary/aromatic N) is 1. The lowest BCUT2D eigenvalue weighted by molar-refractivity contribution is -0.120. The molecule has 1 aliphatic heterocycles. The maximum atomic E-state index is 12.3. The van der Waals surface area contributed by atoms with Crippen molar-refractivity contribution in [3.8, 4) is 5.75 Å². The molecule has 0 aliphatic carbocycles. The van der Waals surface area contributed by atoms with Gasteiger partial charge in [0.1, 0.15) is 5.75 Å². The lowest BCUT2D eigenvalue weighted by Crippen LogP contribution is -2.46. The van der Waals surface area contributed by atoms with Crippen LogP contribution in [0.15, 0.2) is 48.5 Å². The summed E-state index contributed by atoms with van der Waals surface area (Å²) in [6.07, 6.45) is 2.53. The summed E-state index contributed by atoms with van der Waals surface area (Å²) in [5, 5.41) is 3.12. The molecule has 4 heteroatoms. The number of amides is 1. The molecule has 0 spiro atoms. The second-order valence-corrected chi connectivity index (χ2v) is 6.88. The van der Waals surface area contributed by atoms with E-state index >= 15 is 0 Å². The van der Waals surface area contributed by atoms with Crippen LogP contribution in [0.25, 0.3) is 0 Å². The molecule has 1 heterocycles. The molecule has 1 unspecified atom stereocenters. The highest BCUT2D eigenvalue weighted by atomic mass is 16.5. The Bertz CT molecular complexity index is 727. The number of methoxy groups -OCH3 is 1. The number of rotatable bonds is 7. The Kier molecular flexibility index (Phi) is 6.29. The zero-order valence-electron chi connectivity index (χ0n) is 15.7. The standard InChI is InChI=1S/C22H28N2O2/c1-3-20(24-13-12-18-6-4-5-7-19(18)16-24)15-23-22(25)14-17-8-10-21(26-2)11-9-17/h4-11,20H,3,12-16H2,1-2H3,(H,23,25). The fourth-order valence-electron chi connectivity index (χ4n) is 3.58. The number of carbonyl (C=O) groups excluding carboxylic acids is 1. The average Bonchev–Trinajstić information content (AvgIpc) is 2.69. The van der Waals surface area contributed by atoms with E-state index < -0.39 is 0 Å². The molecular formula is C22H28N2O2. The Morgan fingerprint density at radius 1 is 1.15 bits per heavy atom. The average molecular weight is 352 g/mol. The van der Waals surface area contributed by atoms with Crippen molar-refractivity contribution in [1.82, 2.24) is 10.2 Å². The molecule has 0 bridgehead atoms. The number of hydrogen-bond acceptors (Lipinski definition) is 3. The van der Waals surface area contributed by atoms with E-state index in [-0.39, 0.29) is 5.91 Å². The Morgan fingerprint density at radius 2 is 1.88 bits per heavy atom. The smallest absolute Gasteiger partial charge is 0.224 e. The van der Waals surface area contributed by atoms with Crippen LogP contribution < -0.4 is 10.1 Å². The van der Waals surface area contributed by atoms with Crippen LogP contribution in [-0.2, 0) is 24.2 Å². The van der Waals surface area contributed by atoms with Gasteiger partial charge in [0.2, 0.25) is 5.91 Å². The van der Waals surface area contributed by atoms with Crippen molar-refractivity contribution in [2.45, 2.75) is 38.8 Å². The zero-order valence-corrected chi connectivity index (χ0v) is 15.7. The molecule has 0 radical (unpaired) electrons. The highest BCUT2D eigenvalue weighted by Crippen LogP contribution is 2.21. The minimum Gasteiger partial charge on any atom is -0.497 e. The third-order valence-corrected chi connectivity index (χ3v) is 5.21. The summed E-state index contributed by atoms with van der Waals surface area (Å²) in [6, 6.07) is 16.7. The monoisotopic (exact) mass is 352 g/mol. The molecule has 0 aromatic heterocycles. The van der Waals surface area contributed by atoms with Crippen molar-refractivity contribution >= 4 is 5.91 Å². The Labute approximate surface area is 156 Å². The molecule has 0 saturated heterocycles. The van der Waals surface area contributed by atoms with Crippen LogP contribution in [0.4, 0.5) is 0 Å². The third kappa shape index (κ3) is 4.64. The van der Waals surface area contributed by atoms with E-state index in [0.29, 0.717) is 19.0 Å². The Morgan fingerprint density at radius 3 is 2.58 bits per heavy atom. The summed E-state index contributed by atoms with van der Waals surface area (Å²) in [5.41, 5.74) is 3.88. The van der Waals surface area contributed by atoms with Crippen LogP contribution in [0.5, 0.6) is 5.75 Å². The van der Waals surface area contributed by atoms with Crippen LogP contribution in [0.1, 0.15) is 30.0 Å². The van der Waals surface area contributed by atoms with Crippen LogP contribution in [0.2, 0.25) is 0 Å². The Hall–Kier alpha value is -2.33. The van der Waals surface area contributed by atoms with Crippen molar-refractivity contribution in [3.63, 3.8) is 0 Å². The Balaban J connectivity index is 1.51. The first-order chi connectivity index (χ1) is 12.7. The maximum absolute atomic E-state index is 12.3. The van der Waals surface area contributed by atoms with E-state index in [2.05, 4.69) is 41.4 Å². The molecule has 2 aromatic rings. The number of carbonyl (C=O) groups is 1. The fourth-order valence-corrected chi connectivity index (χ4v) is 3.58. The van der Waals surface area contributed by atoms with Gasteiger partial charge in [0.05, 0.1) is 13.5 Å². The number of nitrogens with one attached hydrogen (secondary N) is 1. The van der Waals surface area contributed by atoms with E-state index in [1.807, 2.05) is 24.3 Å². The number of fused-ring (bicyclic) bond motifs is 1. The zero-order chi connectivity index (χ0) is 18.4. The molecule has 3 rings (SSSR count). The van der Waals surface area contributed by atoms with E-state index in [1.54, 1.807) is 7.11 Å². The molecule has 1 atom stereocenters. The SMILES string of the molecule is CCC(CNC(=O)Cc1ccc(OC)cc1)N1CCc2ccccc2C1. The molecular weight excluding hydrogens is 324 g/mol. The van der Waals surface area contributed by atoms with Gasteiger partial charge in [-0.05, 0) is 41.7 Å².